The van der Waals surface area contributed by atoms with Gasteiger partial charge in [-0.3, -0.25) is 4.79 Å². The van der Waals surface area contributed by atoms with Crippen molar-refractivity contribution in [3.8, 4) is 0 Å². The number of unbranched alkanes of at least 4 members (excludes halogenated alkanes) is 3. The minimum absolute atomic E-state index is 0.0164. The molecule has 2 aliphatic carbocycles. The average molecular weight is 741 g/mol. The first-order valence-corrected chi connectivity index (χ1v) is 18.7. The van der Waals surface area contributed by atoms with Crippen molar-refractivity contribution >= 4 is 40.4 Å². The van der Waals surface area contributed by atoms with Crippen LogP contribution in [-0.2, 0) is 14.9 Å². The zero-order chi connectivity index (χ0) is 37.0. The summed E-state index contributed by atoms with van der Waals surface area (Å²) in [6, 6.07) is 5.70. The predicted molar refractivity (Wildman–Crippen MR) is 196 cm³/mol. The molecule has 2 N–H and O–H groups in total. The molecule has 0 unspecified atom stereocenters. The van der Waals surface area contributed by atoms with Crippen LogP contribution in [0.2, 0.25) is 0 Å². The third-order valence-corrected chi connectivity index (χ3v) is 10.7. The van der Waals surface area contributed by atoms with E-state index in [1.807, 2.05) is 24.3 Å². The number of nitrogens with one attached hydrogen (secondary N) is 1. The van der Waals surface area contributed by atoms with Crippen molar-refractivity contribution in [3.05, 3.63) is 92.8 Å². The minimum Gasteiger partial charge on any atom is -0.478 e. The van der Waals surface area contributed by atoms with Gasteiger partial charge in [0.25, 0.3) is 5.91 Å². The quantitative estimate of drug-likeness (QED) is 0.0833. The molecule has 0 bridgehead atoms. The van der Waals surface area contributed by atoms with Gasteiger partial charge in [-0.1, -0.05) is 32.8 Å². The fourth-order valence-electron chi connectivity index (χ4n) is 7.23. The lowest BCUT2D eigenvalue weighted by Crippen LogP contribution is -2.38. The van der Waals surface area contributed by atoms with E-state index in [-0.39, 0.29) is 25.3 Å². The van der Waals surface area contributed by atoms with Crippen LogP contribution in [0.4, 0.5) is 18.9 Å². The second kappa shape index (κ2) is 16.4. The van der Waals surface area contributed by atoms with E-state index in [0.29, 0.717) is 30.2 Å². The largest absolute Gasteiger partial charge is 0.478 e. The number of halogens is 4. The molecule has 0 aromatic heterocycles. The van der Waals surface area contributed by atoms with Crippen LogP contribution in [0.5, 0.6) is 0 Å². The van der Waals surface area contributed by atoms with Crippen LogP contribution in [0.25, 0.3) is 5.57 Å². The first-order chi connectivity index (χ1) is 25.1. The highest BCUT2D eigenvalue weighted by Gasteiger charge is 2.43. The van der Waals surface area contributed by atoms with Gasteiger partial charge in [-0.15, -0.1) is 11.6 Å². The molecule has 0 atom stereocenters. The van der Waals surface area contributed by atoms with Crippen LogP contribution in [0.1, 0.15) is 89.8 Å². The Balaban J connectivity index is 1.33. The predicted octanol–water partition coefficient (Wildman–Crippen LogP) is 7.02. The monoisotopic (exact) mass is 740 g/mol. The Labute approximate surface area is 307 Å². The van der Waals surface area contributed by atoms with E-state index < -0.39 is 51.4 Å². The maximum atomic E-state index is 16.9. The topological polar surface area (TPSA) is 91.1 Å². The van der Waals surface area contributed by atoms with E-state index in [9.17, 15) is 14.7 Å². The van der Waals surface area contributed by atoms with Gasteiger partial charge in [-0.25, -0.2) is 22.5 Å². The van der Waals surface area contributed by atoms with Crippen LogP contribution < -0.4 is 10.2 Å². The number of rotatable bonds is 16. The number of alkyl halides is 1. The third kappa shape index (κ3) is 7.45. The van der Waals surface area contributed by atoms with Gasteiger partial charge in [0.1, 0.15) is 30.0 Å². The van der Waals surface area contributed by atoms with Gasteiger partial charge in [0.15, 0.2) is 17.3 Å². The maximum Gasteiger partial charge on any atom is 0.339 e. The molecule has 0 radical (unpaired) electrons. The molecule has 1 amide bonds. The van der Waals surface area contributed by atoms with E-state index in [1.54, 1.807) is 12.1 Å². The summed E-state index contributed by atoms with van der Waals surface area (Å²) < 4.78 is 61.7. The summed E-state index contributed by atoms with van der Waals surface area (Å²) >= 11 is 5.68. The summed E-state index contributed by atoms with van der Waals surface area (Å²) in [5.74, 6) is -7.54. The highest BCUT2D eigenvalue weighted by Crippen LogP contribution is 2.52. The Kier molecular flexibility index (Phi) is 11.9. The smallest absolute Gasteiger partial charge is 0.339 e. The minimum atomic E-state index is -1.87. The number of carbonyl (C=O) groups is 2. The Hall–Kier alpha value is -3.93. The first kappa shape index (κ1) is 37.8. The highest BCUT2D eigenvalue weighted by molar-refractivity contribution is 6.17. The van der Waals surface area contributed by atoms with E-state index in [1.165, 1.54) is 0 Å². The number of fused-ring (bicyclic) bond motifs is 2. The summed E-state index contributed by atoms with van der Waals surface area (Å²) in [7, 11) is 0. The molecule has 2 saturated heterocycles. The number of aromatic carboxylic acids is 1. The Bertz CT molecular complexity index is 1860. The van der Waals surface area contributed by atoms with Crippen molar-refractivity contribution in [2.75, 3.05) is 69.9 Å². The molecule has 2 aliphatic heterocycles. The molecule has 2 heterocycles. The summed E-state index contributed by atoms with van der Waals surface area (Å²) in [6.45, 7) is 8.74. The summed E-state index contributed by atoms with van der Waals surface area (Å²) in [4.78, 5) is 28.2. The SMILES string of the molecule is CC1(C)C2=CC(=[N+]3CCC3)C=CC2=C(c2c(F)c(C(=O)NCCOCCOCCCCCCCl)c(F)c(F)c2C(=O)O)c2ccc(N3CCC3)cc21. The van der Waals surface area contributed by atoms with E-state index in [0.717, 1.165) is 87.2 Å². The number of nitrogens with zero attached hydrogens (tertiary/aromatic N) is 2. The van der Waals surface area contributed by atoms with E-state index in [2.05, 4.69) is 28.6 Å². The molecule has 278 valence electrons. The van der Waals surface area contributed by atoms with Gasteiger partial charge in [-0.05, 0) is 59.7 Å². The molecule has 4 aliphatic rings. The van der Waals surface area contributed by atoms with Crippen LogP contribution in [0, 0.1) is 17.5 Å². The molecule has 6 rings (SSSR count). The lowest BCUT2D eigenvalue weighted by molar-refractivity contribution is -0.582. The lowest BCUT2D eigenvalue weighted by Gasteiger charge is -2.41. The van der Waals surface area contributed by atoms with Crippen molar-refractivity contribution in [1.29, 1.82) is 0 Å². The molecule has 8 nitrogen and oxygen atoms in total. The van der Waals surface area contributed by atoms with Crippen molar-refractivity contribution in [3.63, 3.8) is 0 Å². The molecule has 0 spiro atoms. The van der Waals surface area contributed by atoms with Crippen LogP contribution in [-0.4, -0.2) is 92.3 Å². The van der Waals surface area contributed by atoms with Crippen molar-refractivity contribution in [2.45, 2.75) is 57.8 Å². The fourth-order valence-corrected chi connectivity index (χ4v) is 7.42. The Morgan fingerprint density at radius 3 is 2.29 bits per heavy atom. The maximum absolute atomic E-state index is 16.9. The van der Waals surface area contributed by atoms with Crippen LogP contribution in [0.15, 0.2) is 47.6 Å². The average Bonchev–Trinajstić information content (AvgIpc) is 3.06. The Morgan fingerprint density at radius 2 is 1.63 bits per heavy atom. The molecule has 12 heteroatoms. The van der Waals surface area contributed by atoms with Gasteiger partial charge < -0.3 is 24.8 Å². The number of carbonyl (C=O) groups excluding carboxylic acids is 1. The number of hydrogen-bond donors (Lipinski definition) is 2. The summed E-state index contributed by atoms with van der Waals surface area (Å²) in [5, 5.41) is 12.7. The molecular weight excluding hydrogens is 695 g/mol. The number of carboxylic acids is 1. The fraction of sp³-hybridized carbons (Fsp3) is 0.475. The number of hydrogen-bond acceptors (Lipinski definition) is 5. The first-order valence-electron chi connectivity index (χ1n) is 18.2. The molecule has 2 aromatic rings. The molecule has 52 heavy (non-hydrogen) atoms. The number of ether oxygens (including phenoxy) is 2. The second-order valence-corrected chi connectivity index (χ2v) is 14.5. The number of anilines is 1. The number of carboxylic acid groups (broad SMARTS) is 1. The lowest BCUT2D eigenvalue weighted by atomic mass is 9.63. The third-order valence-electron chi connectivity index (χ3n) is 10.4. The molecule has 0 saturated carbocycles. The Morgan fingerprint density at radius 1 is 0.923 bits per heavy atom. The summed E-state index contributed by atoms with van der Waals surface area (Å²) in [5.41, 5.74) is 0.947. The van der Waals surface area contributed by atoms with Crippen molar-refractivity contribution in [1.82, 2.24) is 5.32 Å². The summed E-state index contributed by atoms with van der Waals surface area (Å²) in [6.07, 6.45) is 11.8. The second-order valence-electron chi connectivity index (χ2n) is 14.1. The number of allylic oxidation sites excluding steroid dienone is 5. The van der Waals surface area contributed by atoms with Gasteiger partial charge >= 0.3 is 5.97 Å². The van der Waals surface area contributed by atoms with Gasteiger partial charge in [0.05, 0.1) is 26.2 Å². The van der Waals surface area contributed by atoms with Crippen LogP contribution >= 0.6 is 11.6 Å². The highest BCUT2D eigenvalue weighted by atomic mass is 35.5. The zero-order valence-electron chi connectivity index (χ0n) is 29.8. The van der Waals surface area contributed by atoms with Crippen molar-refractivity contribution < 1.29 is 41.9 Å². The molecule has 2 aromatic carbocycles. The van der Waals surface area contributed by atoms with Gasteiger partial charge in [-0.2, -0.15) is 0 Å². The van der Waals surface area contributed by atoms with E-state index >= 15 is 13.2 Å². The van der Waals surface area contributed by atoms with Crippen molar-refractivity contribution in [2.24, 2.45) is 0 Å². The normalized spacial score (nSPS) is 17.3. The standard InChI is InChI=1S/C40H45ClF3N3O5/c1-40(2)29-23-25(46-15-7-16-46)9-11-27(29)31(28-12-10-26(24-30(28)40)47-17-8-18-47)32-33(39(49)50)36(43)37(44)34(35(32)42)38(48)45-14-20-52-22-21-51-19-6-4-3-5-13-41/h9-12,23-24H,3-8,13-22H2,1-2H3,(H-,45,48,49,50)/p+1. The van der Waals surface area contributed by atoms with Gasteiger partial charge in [0, 0.05) is 66.5 Å². The molecule has 2 fully saturated rings. The van der Waals surface area contributed by atoms with E-state index in [4.69, 9.17) is 21.1 Å². The zero-order valence-corrected chi connectivity index (χ0v) is 30.5. The molecular formula is C40H46ClF3N3O5+. The number of amides is 1. The van der Waals surface area contributed by atoms with Crippen LogP contribution in [0.3, 0.4) is 0 Å². The number of benzene rings is 2. The van der Waals surface area contributed by atoms with Gasteiger partial charge in [0.2, 0.25) is 0 Å².